The summed E-state index contributed by atoms with van der Waals surface area (Å²) in [6.45, 7) is 1.93. The number of para-hydroxylation sites is 1. The summed E-state index contributed by atoms with van der Waals surface area (Å²) in [7, 11) is 0. The van der Waals surface area contributed by atoms with E-state index in [-0.39, 0.29) is 0 Å². The molecule has 3 aromatic rings. The third-order valence-electron chi connectivity index (χ3n) is 5.24. The molecule has 0 saturated carbocycles. The SMILES string of the molecule is Nc1c(NNc2ccccc2)ncnc1N1CCC(Cc2ccccc2)CC1. The molecule has 6 heteroatoms. The summed E-state index contributed by atoms with van der Waals surface area (Å²) < 4.78 is 0. The van der Waals surface area contributed by atoms with Crippen molar-refractivity contribution in [2.24, 2.45) is 5.92 Å². The largest absolute Gasteiger partial charge is 0.393 e. The Labute approximate surface area is 165 Å². The highest BCUT2D eigenvalue weighted by molar-refractivity contribution is 5.75. The summed E-state index contributed by atoms with van der Waals surface area (Å²) in [5.74, 6) is 2.12. The average Bonchev–Trinajstić information content (AvgIpc) is 2.75. The number of nitrogens with zero attached hydrogens (tertiary/aromatic N) is 3. The molecule has 0 aliphatic carbocycles. The maximum absolute atomic E-state index is 6.37. The lowest BCUT2D eigenvalue weighted by molar-refractivity contribution is 0.402. The summed E-state index contributed by atoms with van der Waals surface area (Å²) in [6.07, 6.45) is 4.99. The van der Waals surface area contributed by atoms with Gasteiger partial charge in [-0.25, -0.2) is 9.97 Å². The number of nitrogen functional groups attached to an aromatic ring is 1. The van der Waals surface area contributed by atoms with Crippen molar-refractivity contribution < 1.29 is 0 Å². The number of hydrazine groups is 1. The highest BCUT2D eigenvalue weighted by Gasteiger charge is 2.23. The molecular weight excluding hydrogens is 348 g/mol. The molecule has 6 nitrogen and oxygen atoms in total. The predicted octanol–water partition coefficient (Wildman–Crippen LogP) is 3.96. The van der Waals surface area contributed by atoms with E-state index in [2.05, 4.69) is 56.1 Å². The van der Waals surface area contributed by atoms with Gasteiger partial charge in [0.1, 0.15) is 12.0 Å². The van der Waals surface area contributed by atoms with Crippen LogP contribution in [-0.4, -0.2) is 23.1 Å². The highest BCUT2D eigenvalue weighted by Crippen LogP contribution is 2.30. The minimum atomic E-state index is 0.576. The average molecular weight is 374 g/mol. The van der Waals surface area contributed by atoms with Crippen LogP contribution in [0.2, 0.25) is 0 Å². The third-order valence-corrected chi connectivity index (χ3v) is 5.24. The molecule has 4 rings (SSSR count). The first-order valence-electron chi connectivity index (χ1n) is 9.76. The minimum absolute atomic E-state index is 0.576. The number of rotatable bonds is 6. The molecule has 0 radical (unpaired) electrons. The van der Waals surface area contributed by atoms with Crippen LogP contribution in [0.4, 0.5) is 23.0 Å². The molecule has 0 bridgehead atoms. The fourth-order valence-electron chi connectivity index (χ4n) is 3.69. The first-order valence-corrected chi connectivity index (χ1v) is 9.76. The van der Waals surface area contributed by atoms with Gasteiger partial charge in [0.25, 0.3) is 0 Å². The summed E-state index contributed by atoms with van der Waals surface area (Å²) >= 11 is 0. The fraction of sp³-hybridized carbons (Fsp3) is 0.273. The van der Waals surface area contributed by atoms with Gasteiger partial charge >= 0.3 is 0 Å². The molecule has 0 unspecified atom stereocenters. The number of benzene rings is 2. The van der Waals surface area contributed by atoms with Crippen molar-refractivity contribution in [2.75, 3.05) is 34.6 Å². The van der Waals surface area contributed by atoms with E-state index in [9.17, 15) is 0 Å². The number of anilines is 4. The van der Waals surface area contributed by atoms with Crippen molar-refractivity contribution in [3.8, 4) is 0 Å². The molecule has 0 spiro atoms. The molecular formula is C22H26N6. The monoisotopic (exact) mass is 374 g/mol. The van der Waals surface area contributed by atoms with Gasteiger partial charge in [-0.15, -0.1) is 0 Å². The maximum Gasteiger partial charge on any atom is 0.173 e. The molecule has 0 amide bonds. The Morgan fingerprint density at radius 2 is 1.57 bits per heavy atom. The second-order valence-corrected chi connectivity index (χ2v) is 7.20. The standard InChI is InChI=1S/C22H26N6/c23-20-21(27-26-19-9-5-2-6-10-19)24-16-25-22(20)28-13-11-18(12-14-28)15-17-7-3-1-4-8-17/h1-10,16,18,26H,11-15,23H2,(H,24,25,27). The quantitative estimate of drug-likeness (QED) is 0.567. The van der Waals surface area contributed by atoms with Crippen molar-refractivity contribution in [3.63, 3.8) is 0 Å². The van der Waals surface area contributed by atoms with Crippen LogP contribution < -0.4 is 21.5 Å². The van der Waals surface area contributed by atoms with E-state index >= 15 is 0 Å². The van der Waals surface area contributed by atoms with Gasteiger partial charge in [-0.05, 0) is 42.9 Å². The molecule has 2 heterocycles. The van der Waals surface area contributed by atoms with Crippen LogP contribution in [0.3, 0.4) is 0 Å². The van der Waals surface area contributed by atoms with Crippen LogP contribution in [0, 0.1) is 5.92 Å². The third kappa shape index (κ3) is 4.34. The minimum Gasteiger partial charge on any atom is -0.393 e. The van der Waals surface area contributed by atoms with Gasteiger partial charge in [0.15, 0.2) is 11.6 Å². The van der Waals surface area contributed by atoms with E-state index in [1.54, 1.807) is 6.33 Å². The molecule has 1 fully saturated rings. The lowest BCUT2D eigenvalue weighted by atomic mass is 9.90. The Morgan fingerprint density at radius 1 is 0.893 bits per heavy atom. The summed E-state index contributed by atoms with van der Waals surface area (Å²) in [5, 5.41) is 0. The molecule has 1 aliphatic rings. The lowest BCUT2D eigenvalue weighted by Gasteiger charge is -2.33. The van der Waals surface area contributed by atoms with Crippen LogP contribution in [0.25, 0.3) is 0 Å². The highest BCUT2D eigenvalue weighted by atomic mass is 15.4. The summed E-state index contributed by atoms with van der Waals surface area (Å²) in [6, 6.07) is 20.6. The van der Waals surface area contributed by atoms with Gasteiger partial charge in [-0.1, -0.05) is 48.5 Å². The topological polar surface area (TPSA) is 79.1 Å². The van der Waals surface area contributed by atoms with Crippen LogP contribution in [-0.2, 0) is 6.42 Å². The van der Waals surface area contributed by atoms with E-state index in [4.69, 9.17) is 5.73 Å². The van der Waals surface area contributed by atoms with E-state index < -0.39 is 0 Å². The van der Waals surface area contributed by atoms with Crippen molar-refractivity contribution in [1.82, 2.24) is 9.97 Å². The van der Waals surface area contributed by atoms with Gasteiger partial charge in [0.2, 0.25) is 0 Å². The zero-order chi connectivity index (χ0) is 19.2. The zero-order valence-electron chi connectivity index (χ0n) is 15.9. The molecule has 1 aliphatic heterocycles. The molecule has 4 N–H and O–H groups in total. The Balaban J connectivity index is 1.37. The maximum atomic E-state index is 6.37. The lowest BCUT2D eigenvalue weighted by Crippen LogP contribution is -2.35. The predicted molar refractivity (Wildman–Crippen MR) is 115 cm³/mol. The summed E-state index contributed by atoms with van der Waals surface area (Å²) in [4.78, 5) is 11.0. The zero-order valence-corrected chi connectivity index (χ0v) is 15.9. The van der Waals surface area contributed by atoms with Crippen LogP contribution in [0.5, 0.6) is 0 Å². The Hall–Kier alpha value is -3.28. The second kappa shape index (κ2) is 8.61. The van der Waals surface area contributed by atoms with Crippen LogP contribution >= 0.6 is 0 Å². The molecule has 1 aromatic heterocycles. The molecule has 0 atom stereocenters. The smallest absolute Gasteiger partial charge is 0.173 e. The number of aromatic nitrogens is 2. The van der Waals surface area contributed by atoms with Gasteiger partial charge in [0.05, 0.1) is 5.69 Å². The second-order valence-electron chi connectivity index (χ2n) is 7.20. The van der Waals surface area contributed by atoms with E-state index in [1.165, 1.54) is 5.56 Å². The van der Waals surface area contributed by atoms with Crippen molar-refractivity contribution in [3.05, 3.63) is 72.6 Å². The van der Waals surface area contributed by atoms with Gasteiger partial charge in [-0.2, -0.15) is 0 Å². The van der Waals surface area contributed by atoms with E-state index in [1.807, 2.05) is 30.3 Å². The number of nitrogens with one attached hydrogen (secondary N) is 2. The molecule has 144 valence electrons. The normalized spacial score (nSPS) is 14.6. The first kappa shape index (κ1) is 18.1. The van der Waals surface area contributed by atoms with Crippen LogP contribution in [0.1, 0.15) is 18.4 Å². The fourth-order valence-corrected chi connectivity index (χ4v) is 3.69. The molecule has 1 saturated heterocycles. The van der Waals surface area contributed by atoms with Gasteiger partial charge in [-0.3, -0.25) is 10.9 Å². The Kier molecular flexibility index (Phi) is 5.56. The number of piperidine rings is 1. The number of hydrogen-bond donors (Lipinski definition) is 3. The van der Waals surface area contributed by atoms with Crippen molar-refractivity contribution in [2.45, 2.75) is 19.3 Å². The van der Waals surface area contributed by atoms with Crippen LogP contribution in [0.15, 0.2) is 67.0 Å². The number of hydrogen-bond acceptors (Lipinski definition) is 6. The summed E-state index contributed by atoms with van der Waals surface area (Å²) in [5.41, 5.74) is 15.5. The van der Waals surface area contributed by atoms with Crippen molar-refractivity contribution >= 4 is 23.0 Å². The molecule has 2 aromatic carbocycles. The first-order chi connectivity index (χ1) is 13.8. The van der Waals surface area contributed by atoms with E-state index in [0.717, 1.165) is 43.9 Å². The number of nitrogens with two attached hydrogens (primary N) is 1. The molecule has 28 heavy (non-hydrogen) atoms. The Morgan fingerprint density at radius 3 is 2.29 bits per heavy atom. The van der Waals surface area contributed by atoms with E-state index in [0.29, 0.717) is 17.4 Å². The van der Waals surface area contributed by atoms with Crippen molar-refractivity contribution in [1.29, 1.82) is 0 Å². The Bertz CT molecular complexity index is 876. The van der Waals surface area contributed by atoms with Gasteiger partial charge in [0, 0.05) is 13.1 Å². The van der Waals surface area contributed by atoms with Gasteiger partial charge < -0.3 is 10.6 Å².